The highest BCUT2D eigenvalue weighted by Gasteiger charge is 2.40. The fraction of sp³-hybridized carbons (Fsp3) is 0.500. The lowest BCUT2D eigenvalue weighted by Gasteiger charge is -2.35. The van der Waals surface area contributed by atoms with Crippen LogP contribution >= 0.6 is 12.8 Å². The van der Waals surface area contributed by atoms with E-state index in [9.17, 15) is 4.79 Å². The number of thiol groups is 1. The van der Waals surface area contributed by atoms with Crippen LogP contribution in [0.15, 0.2) is 24.3 Å². The molecule has 1 fully saturated rings. The molecule has 2 nitrogen and oxygen atoms in total. The van der Waals surface area contributed by atoms with Gasteiger partial charge in [0.05, 0.1) is 0 Å². The van der Waals surface area contributed by atoms with Crippen LogP contribution in [0.2, 0.25) is 0 Å². The second kappa shape index (κ2) is 5.23. The Morgan fingerprint density at radius 2 is 2.24 bits per heavy atom. The van der Waals surface area contributed by atoms with Gasteiger partial charge in [0.15, 0.2) is 5.78 Å². The molecule has 92 valence electrons. The van der Waals surface area contributed by atoms with E-state index >= 15 is 0 Å². The summed E-state index contributed by atoms with van der Waals surface area (Å²) in [5, 5.41) is 0. The molecule has 1 N–H and O–H groups in total. The molecule has 1 aromatic rings. The Morgan fingerprint density at radius 1 is 1.41 bits per heavy atom. The summed E-state index contributed by atoms with van der Waals surface area (Å²) < 4.78 is 2.98. The van der Waals surface area contributed by atoms with Gasteiger partial charge in [-0.15, -0.1) is 0 Å². The van der Waals surface area contributed by atoms with Crippen LogP contribution in [0.25, 0.3) is 0 Å². The number of ketones is 1. The van der Waals surface area contributed by atoms with Crippen molar-refractivity contribution in [1.29, 1.82) is 0 Å². The zero-order valence-electron chi connectivity index (χ0n) is 10.2. The Hall–Kier alpha value is -0.800. The van der Waals surface area contributed by atoms with E-state index in [1.807, 2.05) is 12.1 Å². The van der Waals surface area contributed by atoms with Gasteiger partial charge in [0, 0.05) is 6.42 Å². The number of carbonyl (C=O) groups is 1. The molecule has 0 radical (unpaired) electrons. The van der Waals surface area contributed by atoms with E-state index in [4.69, 9.17) is 0 Å². The lowest BCUT2D eigenvalue weighted by atomic mass is 9.76. The van der Waals surface area contributed by atoms with Gasteiger partial charge in [-0.2, -0.15) is 0 Å². The number of aryl methyl sites for hydroxylation is 1. The van der Waals surface area contributed by atoms with E-state index in [1.165, 1.54) is 5.56 Å². The van der Waals surface area contributed by atoms with Crippen molar-refractivity contribution in [3.8, 4) is 0 Å². The third-order valence-electron chi connectivity index (χ3n) is 3.70. The van der Waals surface area contributed by atoms with Crippen molar-refractivity contribution in [1.82, 2.24) is 4.72 Å². The van der Waals surface area contributed by atoms with Crippen LogP contribution in [0.1, 0.15) is 43.7 Å². The zero-order valence-corrected chi connectivity index (χ0v) is 11.1. The molecule has 1 atom stereocenters. The van der Waals surface area contributed by atoms with E-state index in [0.29, 0.717) is 6.42 Å². The molecule has 1 saturated carbocycles. The molecule has 1 aliphatic rings. The fourth-order valence-electron chi connectivity index (χ4n) is 2.57. The Labute approximate surface area is 108 Å². The summed E-state index contributed by atoms with van der Waals surface area (Å²) in [6.07, 6.45) is 4.58. The minimum atomic E-state index is -0.563. The molecule has 2 rings (SSSR count). The summed E-state index contributed by atoms with van der Waals surface area (Å²) in [7, 11) is 0. The van der Waals surface area contributed by atoms with Gasteiger partial charge < -0.3 is 0 Å². The fourth-order valence-corrected chi connectivity index (χ4v) is 2.94. The van der Waals surface area contributed by atoms with Gasteiger partial charge in [0.25, 0.3) is 0 Å². The van der Waals surface area contributed by atoms with E-state index in [1.54, 1.807) is 0 Å². The van der Waals surface area contributed by atoms with Gasteiger partial charge in [-0.05, 0) is 30.4 Å². The lowest BCUT2D eigenvalue weighted by molar-refractivity contribution is -0.127. The van der Waals surface area contributed by atoms with Crippen LogP contribution in [0.3, 0.4) is 0 Å². The van der Waals surface area contributed by atoms with Crippen LogP contribution in [-0.2, 0) is 16.8 Å². The number of hydrogen-bond donors (Lipinski definition) is 2. The largest absolute Gasteiger partial charge is 0.297 e. The maximum absolute atomic E-state index is 12.2. The minimum absolute atomic E-state index is 0.270. The summed E-state index contributed by atoms with van der Waals surface area (Å²) in [5.41, 5.74) is 1.77. The molecule has 0 spiro atoms. The van der Waals surface area contributed by atoms with E-state index in [2.05, 4.69) is 36.6 Å². The third kappa shape index (κ3) is 2.26. The molecule has 0 bridgehead atoms. The molecule has 0 amide bonds. The normalized spacial score (nSPS) is 24.9. The van der Waals surface area contributed by atoms with Gasteiger partial charge in [0.1, 0.15) is 5.54 Å². The molecule has 0 aromatic heterocycles. The van der Waals surface area contributed by atoms with Crippen molar-refractivity contribution in [2.45, 2.75) is 44.6 Å². The average Bonchev–Trinajstić information content (AvgIpc) is 2.40. The monoisotopic (exact) mass is 249 g/mol. The first-order valence-electron chi connectivity index (χ1n) is 6.27. The number of nitrogens with one attached hydrogen (secondary N) is 1. The molecule has 1 aromatic carbocycles. The van der Waals surface area contributed by atoms with Crippen LogP contribution in [0.4, 0.5) is 0 Å². The third-order valence-corrected chi connectivity index (χ3v) is 4.08. The van der Waals surface area contributed by atoms with Gasteiger partial charge >= 0.3 is 0 Å². The van der Waals surface area contributed by atoms with Gasteiger partial charge in [-0.1, -0.05) is 50.4 Å². The van der Waals surface area contributed by atoms with Crippen molar-refractivity contribution in [2.75, 3.05) is 0 Å². The number of rotatable bonds is 3. The Balaban J connectivity index is 2.42. The second-order valence-corrected chi connectivity index (χ2v) is 4.92. The van der Waals surface area contributed by atoms with E-state index in [-0.39, 0.29) is 5.78 Å². The van der Waals surface area contributed by atoms with Crippen molar-refractivity contribution in [3.05, 3.63) is 35.4 Å². The molecular weight excluding hydrogens is 230 g/mol. The molecule has 0 unspecified atom stereocenters. The van der Waals surface area contributed by atoms with Crippen LogP contribution in [-0.4, -0.2) is 5.78 Å². The van der Waals surface area contributed by atoms with Crippen LogP contribution in [0.5, 0.6) is 0 Å². The van der Waals surface area contributed by atoms with Gasteiger partial charge in [-0.3, -0.25) is 4.79 Å². The molecule has 0 aliphatic heterocycles. The molecule has 1 aliphatic carbocycles. The van der Waals surface area contributed by atoms with Crippen molar-refractivity contribution < 1.29 is 4.79 Å². The maximum Gasteiger partial charge on any atom is 0.158 e. The summed E-state index contributed by atoms with van der Waals surface area (Å²) >= 11 is 4.21. The highest BCUT2D eigenvalue weighted by Crippen LogP contribution is 2.35. The van der Waals surface area contributed by atoms with E-state index < -0.39 is 5.54 Å². The first-order valence-corrected chi connectivity index (χ1v) is 6.71. The van der Waals surface area contributed by atoms with Crippen LogP contribution < -0.4 is 4.72 Å². The highest BCUT2D eigenvalue weighted by molar-refractivity contribution is 7.78. The second-order valence-electron chi connectivity index (χ2n) is 4.70. The zero-order chi connectivity index (χ0) is 12.3. The highest BCUT2D eigenvalue weighted by atomic mass is 32.1. The number of benzene rings is 1. The first-order chi connectivity index (χ1) is 8.23. The summed E-state index contributed by atoms with van der Waals surface area (Å²) in [4.78, 5) is 12.2. The minimum Gasteiger partial charge on any atom is -0.297 e. The maximum atomic E-state index is 12.2. The molecular formula is C14H19NOS. The first kappa shape index (κ1) is 12.7. The predicted molar refractivity (Wildman–Crippen MR) is 73.1 cm³/mol. The lowest BCUT2D eigenvalue weighted by Crippen LogP contribution is -2.47. The number of carbonyl (C=O) groups excluding carboxylic acids is 1. The Kier molecular flexibility index (Phi) is 3.89. The Morgan fingerprint density at radius 3 is 2.88 bits per heavy atom. The standard InChI is InChI=1S/C14H19NOS/c1-2-11-6-5-7-12(10-11)14(15-17)9-4-3-8-13(14)16/h5-7,10,15,17H,2-4,8-9H2,1H3/t14-/m0/s1. The molecule has 0 saturated heterocycles. The molecule has 0 heterocycles. The van der Waals surface area contributed by atoms with Crippen molar-refractivity contribution in [2.24, 2.45) is 0 Å². The Bertz CT molecular complexity index is 418. The predicted octanol–water partition coefficient (Wildman–Crippen LogP) is 3.02. The summed E-state index contributed by atoms with van der Waals surface area (Å²) in [5.74, 6) is 0.270. The van der Waals surface area contributed by atoms with Gasteiger partial charge in [0.2, 0.25) is 0 Å². The van der Waals surface area contributed by atoms with Gasteiger partial charge in [-0.25, -0.2) is 4.72 Å². The number of hydrogen-bond acceptors (Lipinski definition) is 3. The average molecular weight is 249 g/mol. The quantitative estimate of drug-likeness (QED) is 0.806. The van der Waals surface area contributed by atoms with Crippen LogP contribution in [0, 0.1) is 0 Å². The topological polar surface area (TPSA) is 29.1 Å². The molecule has 3 heteroatoms. The van der Waals surface area contributed by atoms with E-state index in [0.717, 1.165) is 31.2 Å². The summed E-state index contributed by atoms with van der Waals surface area (Å²) in [6, 6.07) is 8.30. The summed E-state index contributed by atoms with van der Waals surface area (Å²) in [6.45, 7) is 2.13. The number of Topliss-reactive ketones (excluding diaryl/α,β-unsaturated/α-hetero) is 1. The van der Waals surface area contributed by atoms with Crippen molar-refractivity contribution >= 4 is 18.6 Å². The smallest absolute Gasteiger partial charge is 0.158 e. The SMILES string of the molecule is CCc1cccc([C@@]2(NS)CCCCC2=O)c1. The molecule has 17 heavy (non-hydrogen) atoms. The van der Waals surface area contributed by atoms with Crippen molar-refractivity contribution in [3.63, 3.8) is 0 Å².